The summed E-state index contributed by atoms with van der Waals surface area (Å²) in [5.74, 6) is 0.0996. The number of hydrogen-bond donors (Lipinski definition) is 0. The van der Waals surface area contributed by atoms with E-state index in [1.54, 1.807) is 11.9 Å². The summed E-state index contributed by atoms with van der Waals surface area (Å²) in [5, 5.41) is 0. The van der Waals surface area contributed by atoms with E-state index in [0.717, 1.165) is 25.7 Å². The predicted octanol–water partition coefficient (Wildman–Crippen LogP) is 2.72. The highest BCUT2D eigenvalue weighted by Gasteiger charge is 2.36. The summed E-state index contributed by atoms with van der Waals surface area (Å²) in [6.07, 6.45) is 10.0. The first-order valence-corrected chi connectivity index (χ1v) is 8.09. The van der Waals surface area contributed by atoms with Gasteiger partial charge >= 0.3 is 0 Å². The SMILES string of the molecule is CC(C)C(=O)[C@H](C1CCCCC1)N(C)C(=O)c1cnccn1. The molecule has 1 heterocycles. The molecule has 0 spiro atoms. The molecule has 1 aliphatic rings. The summed E-state index contributed by atoms with van der Waals surface area (Å²) in [6, 6.07) is -0.352. The summed E-state index contributed by atoms with van der Waals surface area (Å²) in [5.41, 5.74) is 0.294. The van der Waals surface area contributed by atoms with Crippen molar-refractivity contribution in [3.05, 3.63) is 24.3 Å². The Bertz CT molecular complexity index is 510. The van der Waals surface area contributed by atoms with E-state index < -0.39 is 0 Å². The lowest BCUT2D eigenvalue weighted by molar-refractivity contribution is -0.128. The fraction of sp³-hybridized carbons (Fsp3) is 0.647. The van der Waals surface area contributed by atoms with Crippen molar-refractivity contribution in [2.45, 2.75) is 52.0 Å². The summed E-state index contributed by atoms with van der Waals surface area (Å²) >= 11 is 0. The smallest absolute Gasteiger partial charge is 0.274 e. The number of likely N-dealkylation sites (N-methyl/N-ethyl adjacent to an activating group) is 1. The molecular weight excluding hydrogens is 278 g/mol. The molecule has 1 fully saturated rings. The average molecular weight is 303 g/mol. The number of nitrogens with zero attached hydrogens (tertiary/aromatic N) is 3. The lowest BCUT2D eigenvalue weighted by Crippen LogP contribution is -2.49. The molecule has 1 atom stereocenters. The van der Waals surface area contributed by atoms with Crippen molar-refractivity contribution in [3.8, 4) is 0 Å². The van der Waals surface area contributed by atoms with Crippen molar-refractivity contribution in [2.75, 3.05) is 7.05 Å². The number of ketones is 1. The largest absolute Gasteiger partial charge is 0.330 e. The number of Topliss-reactive ketones (excluding diaryl/α,β-unsaturated/α-hetero) is 1. The minimum Gasteiger partial charge on any atom is -0.330 e. The van der Waals surface area contributed by atoms with Gasteiger partial charge in [-0.15, -0.1) is 0 Å². The van der Waals surface area contributed by atoms with E-state index >= 15 is 0 Å². The van der Waals surface area contributed by atoms with Gasteiger partial charge in [-0.25, -0.2) is 4.98 Å². The van der Waals surface area contributed by atoms with Gasteiger partial charge in [-0.2, -0.15) is 0 Å². The Labute approximate surface area is 132 Å². The van der Waals surface area contributed by atoms with Gasteiger partial charge in [0.1, 0.15) is 5.69 Å². The second-order valence-electron chi connectivity index (χ2n) is 6.41. The zero-order valence-electron chi connectivity index (χ0n) is 13.7. The highest BCUT2D eigenvalue weighted by atomic mass is 16.2. The first-order chi connectivity index (χ1) is 10.5. The third-order valence-electron chi connectivity index (χ3n) is 4.48. The third-order valence-corrected chi connectivity index (χ3v) is 4.48. The van der Waals surface area contributed by atoms with Crippen LogP contribution >= 0.6 is 0 Å². The molecule has 22 heavy (non-hydrogen) atoms. The van der Waals surface area contributed by atoms with Crippen LogP contribution in [0.2, 0.25) is 0 Å². The van der Waals surface area contributed by atoms with Crippen LogP contribution in [0, 0.1) is 11.8 Å². The number of carbonyl (C=O) groups is 2. The molecule has 1 amide bonds. The Morgan fingerprint density at radius 2 is 1.86 bits per heavy atom. The molecule has 2 rings (SSSR count). The van der Waals surface area contributed by atoms with Crippen molar-refractivity contribution in [1.82, 2.24) is 14.9 Å². The van der Waals surface area contributed by atoms with Gasteiger partial charge in [0.2, 0.25) is 0 Å². The van der Waals surface area contributed by atoms with Gasteiger partial charge in [-0.3, -0.25) is 14.6 Å². The summed E-state index contributed by atoms with van der Waals surface area (Å²) < 4.78 is 0. The maximum atomic E-state index is 12.7. The van der Waals surface area contributed by atoms with Gasteiger partial charge in [0.25, 0.3) is 5.91 Å². The van der Waals surface area contributed by atoms with Crippen molar-refractivity contribution < 1.29 is 9.59 Å². The average Bonchev–Trinajstić information content (AvgIpc) is 2.56. The van der Waals surface area contributed by atoms with Gasteiger partial charge < -0.3 is 4.90 Å². The van der Waals surface area contributed by atoms with Crippen LogP contribution in [-0.2, 0) is 4.79 Å². The number of rotatable bonds is 5. The molecular formula is C17H25N3O2. The van der Waals surface area contributed by atoms with Gasteiger partial charge in [0.05, 0.1) is 12.2 Å². The van der Waals surface area contributed by atoms with E-state index in [9.17, 15) is 9.59 Å². The van der Waals surface area contributed by atoms with Crippen LogP contribution in [0.5, 0.6) is 0 Å². The quantitative estimate of drug-likeness (QED) is 0.839. The van der Waals surface area contributed by atoms with Crippen molar-refractivity contribution in [3.63, 3.8) is 0 Å². The fourth-order valence-electron chi connectivity index (χ4n) is 3.25. The Morgan fingerprint density at radius 1 is 1.18 bits per heavy atom. The molecule has 0 unspecified atom stereocenters. The molecule has 1 saturated carbocycles. The van der Waals surface area contributed by atoms with Crippen molar-refractivity contribution in [2.24, 2.45) is 11.8 Å². The van der Waals surface area contributed by atoms with E-state index in [2.05, 4.69) is 9.97 Å². The van der Waals surface area contributed by atoms with Gasteiger partial charge in [-0.1, -0.05) is 33.1 Å². The van der Waals surface area contributed by atoms with E-state index in [0.29, 0.717) is 5.69 Å². The topological polar surface area (TPSA) is 63.2 Å². The maximum absolute atomic E-state index is 12.7. The van der Waals surface area contributed by atoms with E-state index in [-0.39, 0.29) is 29.6 Å². The van der Waals surface area contributed by atoms with Crippen LogP contribution < -0.4 is 0 Å². The Hall–Kier alpha value is -1.78. The number of amides is 1. The zero-order chi connectivity index (χ0) is 16.1. The summed E-state index contributed by atoms with van der Waals surface area (Å²) in [4.78, 5) is 34.9. The molecule has 5 heteroatoms. The lowest BCUT2D eigenvalue weighted by atomic mass is 9.79. The zero-order valence-corrected chi connectivity index (χ0v) is 13.7. The second-order valence-corrected chi connectivity index (χ2v) is 6.41. The standard InChI is InChI=1S/C17H25N3O2/c1-12(2)16(21)15(13-7-5-4-6-8-13)20(3)17(22)14-11-18-9-10-19-14/h9-13,15H,4-8H2,1-3H3/t15-/m0/s1. The molecule has 0 radical (unpaired) electrons. The Balaban J connectivity index is 2.23. The van der Waals surface area contributed by atoms with E-state index in [1.165, 1.54) is 25.0 Å². The molecule has 0 saturated heterocycles. The van der Waals surface area contributed by atoms with Crippen molar-refractivity contribution >= 4 is 11.7 Å². The predicted molar refractivity (Wildman–Crippen MR) is 84.3 cm³/mol. The minimum absolute atomic E-state index is 0.0796. The first-order valence-electron chi connectivity index (χ1n) is 8.09. The highest BCUT2D eigenvalue weighted by molar-refractivity contribution is 5.96. The second kappa shape index (κ2) is 7.47. The molecule has 1 aromatic heterocycles. The van der Waals surface area contributed by atoms with Crippen molar-refractivity contribution in [1.29, 1.82) is 0 Å². The molecule has 0 aliphatic heterocycles. The third kappa shape index (κ3) is 3.70. The van der Waals surface area contributed by atoms with Gasteiger partial charge in [0.15, 0.2) is 5.78 Å². The van der Waals surface area contributed by atoms with Gasteiger partial charge in [-0.05, 0) is 18.8 Å². The highest BCUT2D eigenvalue weighted by Crippen LogP contribution is 2.30. The van der Waals surface area contributed by atoms with Crippen LogP contribution in [0.1, 0.15) is 56.4 Å². The molecule has 120 valence electrons. The lowest BCUT2D eigenvalue weighted by Gasteiger charge is -2.36. The van der Waals surface area contributed by atoms with Gasteiger partial charge in [0, 0.05) is 25.4 Å². The van der Waals surface area contributed by atoms with Crippen LogP contribution in [0.25, 0.3) is 0 Å². The van der Waals surface area contributed by atoms with Crippen LogP contribution in [0.15, 0.2) is 18.6 Å². The number of carbonyl (C=O) groups excluding carboxylic acids is 2. The van der Waals surface area contributed by atoms with E-state index in [4.69, 9.17) is 0 Å². The molecule has 0 aromatic carbocycles. The molecule has 0 bridgehead atoms. The Kier molecular flexibility index (Phi) is 5.63. The number of hydrogen-bond acceptors (Lipinski definition) is 4. The summed E-state index contributed by atoms with van der Waals surface area (Å²) in [7, 11) is 1.72. The molecule has 1 aromatic rings. The maximum Gasteiger partial charge on any atom is 0.274 e. The van der Waals surface area contributed by atoms with Crippen LogP contribution in [0.3, 0.4) is 0 Å². The fourth-order valence-corrected chi connectivity index (χ4v) is 3.25. The minimum atomic E-state index is -0.352. The van der Waals surface area contributed by atoms with Crippen LogP contribution in [0.4, 0.5) is 0 Å². The summed E-state index contributed by atoms with van der Waals surface area (Å²) in [6.45, 7) is 3.80. The number of aromatic nitrogens is 2. The molecule has 5 nitrogen and oxygen atoms in total. The molecule has 1 aliphatic carbocycles. The monoisotopic (exact) mass is 303 g/mol. The molecule has 0 N–H and O–H groups in total. The first kappa shape index (κ1) is 16.6. The van der Waals surface area contributed by atoms with E-state index in [1.807, 2.05) is 13.8 Å². The van der Waals surface area contributed by atoms with Crippen LogP contribution in [-0.4, -0.2) is 39.6 Å². The Morgan fingerprint density at radius 3 is 2.41 bits per heavy atom. The normalized spacial score (nSPS) is 17.3.